The largest absolute Gasteiger partial charge is 0.488 e. The first kappa shape index (κ1) is 28.0. The lowest BCUT2D eigenvalue weighted by atomic mass is 10.1. The molecule has 0 bridgehead atoms. The average molecular weight is 552 g/mol. The molecule has 0 amide bonds. The third-order valence-electron chi connectivity index (χ3n) is 7.17. The molecule has 3 aromatic rings. The van der Waals surface area contributed by atoms with Crippen LogP contribution in [-0.2, 0) is 0 Å². The molecule has 9 heteroatoms. The fourth-order valence-electron chi connectivity index (χ4n) is 5.12. The topological polar surface area (TPSA) is 78.3 Å². The summed E-state index contributed by atoms with van der Waals surface area (Å²) in [6, 6.07) is 10.6. The molecule has 3 aliphatic heterocycles. The maximum atomic E-state index is 6.35. The Morgan fingerprint density at radius 3 is 2.83 bits per heavy atom. The quantitative estimate of drug-likeness (QED) is 0.337. The molecule has 212 valence electrons. The van der Waals surface area contributed by atoms with Crippen LogP contribution in [0.1, 0.15) is 25.8 Å². The van der Waals surface area contributed by atoms with Crippen molar-refractivity contribution in [3.63, 3.8) is 0 Å². The number of aromatic nitrogens is 2. The number of benzene rings is 2. The van der Waals surface area contributed by atoms with Crippen molar-refractivity contribution in [1.82, 2.24) is 19.9 Å². The van der Waals surface area contributed by atoms with Crippen molar-refractivity contribution in [1.29, 1.82) is 0 Å². The normalized spacial score (nSPS) is 18.0. The van der Waals surface area contributed by atoms with Crippen LogP contribution in [0.25, 0.3) is 10.9 Å². The molecular formula is C32H37N7O2. The Morgan fingerprint density at radius 1 is 1.24 bits per heavy atom. The fourth-order valence-corrected chi connectivity index (χ4v) is 5.12. The van der Waals surface area contributed by atoms with Crippen molar-refractivity contribution in [2.75, 3.05) is 50.1 Å². The number of rotatable bonds is 5. The van der Waals surface area contributed by atoms with Gasteiger partial charge < -0.3 is 24.6 Å². The Balaban J connectivity index is 0.000000794. The highest BCUT2D eigenvalue weighted by molar-refractivity contribution is 6.00. The van der Waals surface area contributed by atoms with Crippen LogP contribution in [-0.4, -0.2) is 72.0 Å². The van der Waals surface area contributed by atoms with Crippen molar-refractivity contribution in [3.05, 3.63) is 66.3 Å². The molecule has 2 aromatic carbocycles. The van der Waals surface area contributed by atoms with Gasteiger partial charge in [-0.3, -0.25) is 5.01 Å². The summed E-state index contributed by atoms with van der Waals surface area (Å²) in [7, 11) is 2.17. The minimum atomic E-state index is 0.358. The van der Waals surface area contributed by atoms with Gasteiger partial charge in [0.2, 0.25) is 0 Å². The molecule has 6 rings (SSSR count). The molecule has 1 fully saturated rings. The molecule has 1 N–H and O–H groups in total. The van der Waals surface area contributed by atoms with Crippen LogP contribution >= 0.6 is 0 Å². The van der Waals surface area contributed by atoms with Crippen LogP contribution in [0.2, 0.25) is 0 Å². The first-order valence-electron chi connectivity index (χ1n) is 14.0. The summed E-state index contributed by atoms with van der Waals surface area (Å²) in [6.07, 6.45) is 14.8. The maximum absolute atomic E-state index is 6.35. The number of terminal acetylenes is 1. The van der Waals surface area contributed by atoms with Gasteiger partial charge in [-0.25, -0.2) is 9.97 Å². The molecular weight excluding hydrogens is 514 g/mol. The van der Waals surface area contributed by atoms with E-state index in [0.29, 0.717) is 19.2 Å². The number of likely N-dealkylation sites (N-methyl/N-ethyl adjacent to an activating group) is 1. The zero-order valence-electron chi connectivity index (χ0n) is 24.2. The van der Waals surface area contributed by atoms with Gasteiger partial charge in [-0.2, -0.15) is 5.10 Å². The Labute approximate surface area is 242 Å². The molecule has 4 heterocycles. The minimum Gasteiger partial charge on any atom is -0.488 e. The molecule has 9 nitrogen and oxygen atoms in total. The van der Waals surface area contributed by atoms with E-state index in [9.17, 15) is 0 Å². The van der Waals surface area contributed by atoms with E-state index in [1.165, 1.54) is 0 Å². The molecule has 0 aliphatic carbocycles. The molecule has 1 saturated heterocycles. The maximum Gasteiger partial charge on any atom is 0.155 e. The third-order valence-corrected chi connectivity index (χ3v) is 7.17. The third kappa shape index (κ3) is 6.28. The van der Waals surface area contributed by atoms with Crippen LogP contribution < -0.4 is 19.7 Å². The van der Waals surface area contributed by atoms with Crippen molar-refractivity contribution in [2.45, 2.75) is 33.2 Å². The van der Waals surface area contributed by atoms with Crippen molar-refractivity contribution < 1.29 is 9.47 Å². The lowest BCUT2D eigenvalue weighted by Gasteiger charge is -2.44. The number of allylic oxidation sites excluding steroid dienone is 1. The standard InChI is InChI=1S/C28H31N7O2.C4H6/c1-4-31-34-11-9-22(10-12-34)37-25-8-5-20(15-19(25)2)32-28-26-23(29-18-30-28)6-7-24-27(26)36-17-21-16-33(3)13-14-35(21)24;1-3-4-2/h4-11,15,18,21H,12-14,16-17H2,1-3H3,(H,29,30,32);1H,4H2,2H3/b31-4-;. The Bertz CT molecular complexity index is 1520. The van der Waals surface area contributed by atoms with E-state index < -0.39 is 0 Å². The number of piperazine rings is 1. The molecule has 0 saturated carbocycles. The molecule has 1 aromatic heterocycles. The van der Waals surface area contributed by atoms with Crippen LogP contribution in [0.5, 0.6) is 11.5 Å². The number of hydrogen-bond donors (Lipinski definition) is 1. The predicted octanol–water partition coefficient (Wildman–Crippen LogP) is 5.32. The zero-order chi connectivity index (χ0) is 28.8. The van der Waals surface area contributed by atoms with E-state index >= 15 is 0 Å². The molecule has 0 radical (unpaired) electrons. The first-order chi connectivity index (χ1) is 20.0. The molecule has 1 unspecified atom stereocenters. The van der Waals surface area contributed by atoms with Gasteiger partial charge in [0.15, 0.2) is 5.75 Å². The number of fused-ring (bicyclic) bond motifs is 5. The van der Waals surface area contributed by atoms with E-state index in [1.807, 2.05) is 56.3 Å². The lowest BCUT2D eigenvalue weighted by Crippen LogP contribution is -2.56. The van der Waals surface area contributed by atoms with Crippen molar-refractivity contribution in [3.8, 4) is 23.8 Å². The van der Waals surface area contributed by atoms with Gasteiger partial charge in [0, 0.05) is 44.2 Å². The van der Waals surface area contributed by atoms with E-state index in [0.717, 1.165) is 77.0 Å². The Kier molecular flexibility index (Phi) is 8.70. The summed E-state index contributed by atoms with van der Waals surface area (Å²) >= 11 is 0. The molecule has 41 heavy (non-hydrogen) atoms. The predicted molar refractivity (Wildman–Crippen MR) is 166 cm³/mol. The number of ether oxygens (including phenoxy) is 2. The summed E-state index contributed by atoms with van der Waals surface area (Å²) in [6.45, 7) is 10.2. The van der Waals surface area contributed by atoms with Gasteiger partial charge >= 0.3 is 0 Å². The van der Waals surface area contributed by atoms with Crippen molar-refractivity contribution >= 4 is 34.3 Å². The van der Waals surface area contributed by atoms with Crippen LogP contribution in [0.4, 0.5) is 17.2 Å². The van der Waals surface area contributed by atoms with E-state index in [2.05, 4.69) is 61.4 Å². The number of aryl methyl sites for hydroxylation is 1. The van der Waals surface area contributed by atoms with Crippen molar-refractivity contribution in [2.24, 2.45) is 5.10 Å². The first-order valence-corrected chi connectivity index (χ1v) is 14.0. The minimum absolute atomic E-state index is 0.358. The SMILES string of the molecule is C#CCC.C/C=N\N1C=CC(Oc2ccc(Nc3ncnc4ccc5c(c34)OCC3CN(C)CCN53)cc2C)=CC1. The second-order valence-corrected chi connectivity index (χ2v) is 10.1. The number of nitrogens with one attached hydrogen (secondary N) is 1. The van der Waals surface area contributed by atoms with E-state index in [4.69, 9.17) is 15.9 Å². The molecule has 0 spiro atoms. The summed E-state index contributed by atoms with van der Waals surface area (Å²) in [4.78, 5) is 13.9. The highest BCUT2D eigenvalue weighted by Crippen LogP contribution is 2.43. The van der Waals surface area contributed by atoms with Gasteiger partial charge in [-0.05, 0) is 68.9 Å². The van der Waals surface area contributed by atoms with Gasteiger partial charge in [0.1, 0.15) is 30.3 Å². The monoisotopic (exact) mass is 551 g/mol. The summed E-state index contributed by atoms with van der Waals surface area (Å²) in [5.41, 5.74) is 3.92. The lowest BCUT2D eigenvalue weighted by molar-refractivity contribution is 0.190. The van der Waals surface area contributed by atoms with Crippen LogP contribution in [0, 0.1) is 19.3 Å². The summed E-state index contributed by atoms with van der Waals surface area (Å²) in [5, 5.41) is 10.5. The molecule has 1 atom stereocenters. The number of hydrazone groups is 1. The fraction of sp³-hybridized carbons (Fsp3) is 0.344. The summed E-state index contributed by atoms with van der Waals surface area (Å²) < 4.78 is 12.5. The second kappa shape index (κ2) is 12.7. The van der Waals surface area contributed by atoms with Gasteiger partial charge in [-0.1, -0.05) is 6.92 Å². The van der Waals surface area contributed by atoms with Gasteiger partial charge in [0.25, 0.3) is 0 Å². The highest BCUT2D eigenvalue weighted by Gasteiger charge is 2.33. The summed E-state index contributed by atoms with van der Waals surface area (Å²) in [5.74, 6) is 5.63. The molecule has 3 aliphatic rings. The number of nitrogens with zero attached hydrogens (tertiary/aromatic N) is 6. The smallest absolute Gasteiger partial charge is 0.155 e. The van der Waals surface area contributed by atoms with Crippen LogP contribution in [0.3, 0.4) is 0 Å². The Morgan fingerprint density at radius 2 is 2.10 bits per heavy atom. The number of anilines is 3. The van der Waals surface area contributed by atoms with Gasteiger partial charge in [-0.15, -0.1) is 12.3 Å². The highest BCUT2D eigenvalue weighted by atomic mass is 16.5. The van der Waals surface area contributed by atoms with E-state index in [1.54, 1.807) is 12.5 Å². The van der Waals surface area contributed by atoms with E-state index in [-0.39, 0.29) is 0 Å². The number of hydrogen-bond acceptors (Lipinski definition) is 9. The second-order valence-electron chi connectivity index (χ2n) is 10.1. The Hall–Kier alpha value is -4.55. The van der Waals surface area contributed by atoms with Gasteiger partial charge in [0.05, 0.1) is 29.2 Å². The van der Waals surface area contributed by atoms with Crippen LogP contribution in [0.15, 0.2) is 65.9 Å². The average Bonchev–Trinajstić information content (AvgIpc) is 2.99. The zero-order valence-corrected chi connectivity index (χ0v) is 24.2.